The van der Waals surface area contributed by atoms with Crippen LogP contribution in [0, 0.1) is 17.3 Å². The van der Waals surface area contributed by atoms with Crippen LogP contribution in [0.3, 0.4) is 0 Å². The van der Waals surface area contributed by atoms with E-state index in [1.165, 1.54) is 12.8 Å². The van der Waals surface area contributed by atoms with E-state index in [9.17, 15) is 0 Å². The van der Waals surface area contributed by atoms with Crippen molar-refractivity contribution in [1.82, 2.24) is 0 Å². The third-order valence-corrected chi connectivity index (χ3v) is 4.91. The van der Waals surface area contributed by atoms with Gasteiger partial charge in [0.1, 0.15) is 5.60 Å². The Morgan fingerprint density at radius 1 is 1.38 bits per heavy atom. The van der Waals surface area contributed by atoms with Crippen molar-refractivity contribution in [3.8, 4) is 0 Å². The first kappa shape index (κ1) is 8.25. The molecule has 3 aliphatic carbocycles. The highest BCUT2D eigenvalue weighted by molar-refractivity contribution is 5.22. The first-order valence-electron chi connectivity index (χ1n) is 5.40. The lowest BCUT2D eigenvalue weighted by molar-refractivity contribution is -0.0893. The lowest BCUT2D eigenvalue weighted by Gasteiger charge is -2.58. The van der Waals surface area contributed by atoms with E-state index in [-0.39, 0.29) is 12.2 Å². The maximum absolute atomic E-state index is 9.04. The van der Waals surface area contributed by atoms with Crippen LogP contribution in [0.15, 0.2) is 0 Å². The van der Waals surface area contributed by atoms with E-state index < -0.39 is 0 Å². The van der Waals surface area contributed by atoms with Gasteiger partial charge in [0.2, 0.25) is 0 Å². The quantitative estimate of drug-likeness (QED) is 0.657. The molecule has 1 heterocycles. The van der Waals surface area contributed by atoms with E-state index in [1.807, 2.05) is 0 Å². The molecule has 4 atom stereocenters. The fourth-order valence-electron chi connectivity index (χ4n) is 3.86. The number of hydrogen-bond acceptors (Lipinski definition) is 2. The number of rotatable bonds is 2. The molecule has 3 saturated carbocycles. The summed E-state index contributed by atoms with van der Waals surface area (Å²) in [5, 5.41) is 9.04. The minimum atomic E-state index is 0.104. The van der Waals surface area contributed by atoms with Gasteiger partial charge in [0.15, 0.2) is 0 Å². The van der Waals surface area contributed by atoms with Crippen LogP contribution in [-0.4, -0.2) is 23.4 Å². The highest BCUT2D eigenvalue weighted by atomic mass is 16.6. The van der Waals surface area contributed by atoms with Crippen LogP contribution in [0.2, 0.25) is 0 Å². The lowest BCUT2D eigenvalue weighted by atomic mass is 9.45. The van der Waals surface area contributed by atoms with Gasteiger partial charge in [0.05, 0.1) is 6.10 Å². The molecule has 2 nitrogen and oxygen atoms in total. The van der Waals surface area contributed by atoms with E-state index in [2.05, 4.69) is 13.8 Å². The SMILES string of the molecule is CC1(C)[C@@H]2C[C@H]3O[C@@]3(CCO)[C@H]1C2. The van der Waals surface area contributed by atoms with Gasteiger partial charge in [-0.3, -0.25) is 0 Å². The Labute approximate surface area is 79.3 Å². The largest absolute Gasteiger partial charge is 0.396 e. The summed E-state index contributed by atoms with van der Waals surface area (Å²) in [5.74, 6) is 1.60. The van der Waals surface area contributed by atoms with Crippen molar-refractivity contribution in [2.75, 3.05) is 6.61 Å². The molecule has 0 aromatic heterocycles. The Morgan fingerprint density at radius 3 is 2.77 bits per heavy atom. The summed E-state index contributed by atoms with van der Waals surface area (Å²) in [6.07, 6.45) is 3.93. The molecule has 4 aliphatic rings. The first-order valence-corrected chi connectivity index (χ1v) is 5.40. The molecule has 0 unspecified atom stereocenters. The zero-order chi connectivity index (χ0) is 9.27. The second-order valence-corrected chi connectivity index (χ2v) is 5.58. The molecule has 4 rings (SSSR count). The molecule has 13 heavy (non-hydrogen) atoms. The monoisotopic (exact) mass is 182 g/mol. The number of aliphatic hydroxyl groups excluding tert-OH is 1. The molecule has 0 aromatic carbocycles. The molecule has 2 bridgehead atoms. The topological polar surface area (TPSA) is 32.8 Å². The molecule has 74 valence electrons. The minimum Gasteiger partial charge on any atom is -0.396 e. The zero-order valence-electron chi connectivity index (χ0n) is 8.42. The highest BCUT2D eigenvalue weighted by Crippen LogP contribution is 2.71. The van der Waals surface area contributed by atoms with E-state index in [0.29, 0.717) is 11.5 Å². The predicted octanol–water partition coefficient (Wildman–Crippen LogP) is 1.57. The molecule has 4 fully saturated rings. The summed E-state index contributed by atoms with van der Waals surface area (Å²) in [7, 11) is 0. The Bertz CT molecular complexity index is 248. The van der Waals surface area contributed by atoms with E-state index in [4.69, 9.17) is 9.84 Å². The van der Waals surface area contributed by atoms with Gasteiger partial charge in [-0.1, -0.05) is 13.8 Å². The maximum atomic E-state index is 9.04. The molecule has 2 heteroatoms. The van der Waals surface area contributed by atoms with Crippen molar-refractivity contribution in [1.29, 1.82) is 0 Å². The Balaban J connectivity index is 1.86. The van der Waals surface area contributed by atoms with E-state index in [0.717, 1.165) is 18.3 Å². The van der Waals surface area contributed by atoms with Crippen molar-refractivity contribution in [3.05, 3.63) is 0 Å². The van der Waals surface area contributed by atoms with Gasteiger partial charge in [0.25, 0.3) is 0 Å². The summed E-state index contributed by atoms with van der Waals surface area (Å²) in [5.41, 5.74) is 0.579. The van der Waals surface area contributed by atoms with Gasteiger partial charge in [-0.2, -0.15) is 0 Å². The highest BCUT2D eigenvalue weighted by Gasteiger charge is 2.74. The van der Waals surface area contributed by atoms with Gasteiger partial charge in [0, 0.05) is 13.0 Å². The average Bonchev–Trinajstić information content (AvgIpc) is 2.77. The lowest BCUT2D eigenvalue weighted by Crippen LogP contribution is -2.57. The van der Waals surface area contributed by atoms with Crippen LogP contribution >= 0.6 is 0 Å². The predicted molar refractivity (Wildman–Crippen MR) is 49.3 cm³/mol. The second kappa shape index (κ2) is 2.12. The molecule has 0 spiro atoms. The number of epoxide rings is 1. The molecule has 0 aromatic rings. The van der Waals surface area contributed by atoms with Gasteiger partial charge in [-0.25, -0.2) is 0 Å². The normalized spacial score (nSPS) is 55.2. The second-order valence-electron chi connectivity index (χ2n) is 5.58. The zero-order valence-corrected chi connectivity index (χ0v) is 8.42. The fraction of sp³-hybridized carbons (Fsp3) is 1.00. The van der Waals surface area contributed by atoms with E-state index in [1.54, 1.807) is 0 Å². The summed E-state index contributed by atoms with van der Waals surface area (Å²) >= 11 is 0. The van der Waals surface area contributed by atoms with Crippen LogP contribution in [0.1, 0.15) is 33.1 Å². The average molecular weight is 182 g/mol. The molecular weight excluding hydrogens is 164 g/mol. The molecule has 1 N–H and O–H groups in total. The van der Waals surface area contributed by atoms with Crippen molar-refractivity contribution in [2.24, 2.45) is 17.3 Å². The molecule has 0 amide bonds. The number of aliphatic hydroxyl groups is 1. The van der Waals surface area contributed by atoms with Gasteiger partial charge in [-0.15, -0.1) is 0 Å². The van der Waals surface area contributed by atoms with Gasteiger partial charge >= 0.3 is 0 Å². The minimum absolute atomic E-state index is 0.104. The maximum Gasteiger partial charge on any atom is 0.100 e. The molecule has 1 saturated heterocycles. The Kier molecular flexibility index (Phi) is 1.34. The standard InChI is InChI=1S/C11H18O2/c1-10(2)7-5-8(10)11(3-4-12)9(6-7)13-11/h7-9,12H,3-6H2,1-2H3/t7-,8-,9+,11-/m0/s1. The van der Waals surface area contributed by atoms with Crippen molar-refractivity contribution in [3.63, 3.8) is 0 Å². The van der Waals surface area contributed by atoms with Crippen molar-refractivity contribution in [2.45, 2.75) is 44.8 Å². The molecular formula is C11H18O2. The summed E-state index contributed by atoms with van der Waals surface area (Å²) in [4.78, 5) is 0. The van der Waals surface area contributed by atoms with Gasteiger partial charge < -0.3 is 9.84 Å². The fourth-order valence-corrected chi connectivity index (χ4v) is 3.86. The summed E-state index contributed by atoms with van der Waals surface area (Å²) in [6.45, 7) is 5.01. The number of hydrogen-bond donors (Lipinski definition) is 1. The van der Waals surface area contributed by atoms with Crippen LogP contribution in [0.25, 0.3) is 0 Å². The Hall–Kier alpha value is -0.0800. The van der Waals surface area contributed by atoms with Crippen molar-refractivity contribution >= 4 is 0 Å². The first-order chi connectivity index (χ1) is 6.11. The third-order valence-electron chi connectivity index (χ3n) is 4.91. The molecule has 1 aliphatic heterocycles. The summed E-state index contributed by atoms with van der Waals surface area (Å²) < 4.78 is 5.84. The van der Waals surface area contributed by atoms with Crippen LogP contribution in [0.5, 0.6) is 0 Å². The van der Waals surface area contributed by atoms with E-state index >= 15 is 0 Å². The van der Waals surface area contributed by atoms with Crippen molar-refractivity contribution < 1.29 is 9.84 Å². The number of ether oxygens (including phenoxy) is 1. The molecule has 0 radical (unpaired) electrons. The van der Waals surface area contributed by atoms with Gasteiger partial charge in [-0.05, 0) is 30.1 Å². The third kappa shape index (κ3) is 0.774. The van der Waals surface area contributed by atoms with Crippen LogP contribution in [0.4, 0.5) is 0 Å². The smallest absolute Gasteiger partial charge is 0.100 e. The van der Waals surface area contributed by atoms with Crippen LogP contribution < -0.4 is 0 Å². The van der Waals surface area contributed by atoms with Crippen LogP contribution in [-0.2, 0) is 4.74 Å². The summed E-state index contributed by atoms with van der Waals surface area (Å²) in [6, 6.07) is 0. The Morgan fingerprint density at radius 2 is 2.15 bits per heavy atom.